The van der Waals surface area contributed by atoms with E-state index in [1.807, 2.05) is 0 Å². The molecule has 1 N–H and O–H groups in total. The summed E-state index contributed by atoms with van der Waals surface area (Å²) in [6.07, 6.45) is -0.0365. The topological polar surface area (TPSA) is 118 Å². The first-order valence-electron chi connectivity index (χ1n) is 10.7. The Morgan fingerprint density at radius 2 is 1.46 bits per heavy atom. The second-order valence-electron chi connectivity index (χ2n) is 8.98. The third kappa shape index (κ3) is 5.96. The molecule has 16 heteroatoms. The third-order valence-electron chi connectivity index (χ3n) is 6.12. The highest BCUT2D eigenvalue weighted by molar-refractivity contribution is 7.93. The van der Waals surface area contributed by atoms with Crippen molar-refractivity contribution in [2.24, 2.45) is 5.92 Å². The van der Waals surface area contributed by atoms with Crippen LogP contribution in [0.15, 0.2) is 57.2 Å². The van der Waals surface area contributed by atoms with Crippen LogP contribution in [-0.4, -0.2) is 53.7 Å². The summed E-state index contributed by atoms with van der Waals surface area (Å²) in [5, 5.41) is -0.105. The predicted molar refractivity (Wildman–Crippen MR) is 127 cm³/mol. The minimum atomic E-state index is -5.64. The molecule has 1 saturated heterocycles. The molecule has 0 radical (unpaired) electrons. The molecular formula is C21H23ClF4N2O6S3. The fraction of sp³-hybridized carbons (Fsp3) is 0.429. The fourth-order valence-electron chi connectivity index (χ4n) is 4.13. The minimum absolute atomic E-state index is 0.0183. The summed E-state index contributed by atoms with van der Waals surface area (Å²) in [4.78, 5) is -2.12. The van der Waals surface area contributed by atoms with Crippen LogP contribution in [0.1, 0.15) is 26.7 Å². The van der Waals surface area contributed by atoms with Crippen molar-refractivity contribution in [2.75, 3.05) is 13.1 Å². The summed E-state index contributed by atoms with van der Waals surface area (Å²) in [5.74, 6) is -1.75. The molecule has 1 aliphatic rings. The maximum absolute atomic E-state index is 14.3. The monoisotopic (exact) mass is 606 g/mol. The number of nitrogens with zero attached hydrogens (tertiary/aromatic N) is 1. The van der Waals surface area contributed by atoms with Gasteiger partial charge in [0.1, 0.15) is 15.6 Å². The Kier molecular flexibility index (Phi) is 8.11. The van der Waals surface area contributed by atoms with Crippen molar-refractivity contribution in [2.45, 2.75) is 52.4 Å². The summed E-state index contributed by atoms with van der Waals surface area (Å²) in [6.45, 7) is 2.07. The van der Waals surface area contributed by atoms with Gasteiger partial charge in [0.05, 0.1) is 4.90 Å². The maximum Gasteiger partial charge on any atom is 0.511 e. The summed E-state index contributed by atoms with van der Waals surface area (Å²) >= 11 is 5.94. The van der Waals surface area contributed by atoms with Crippen molar-refractivity contribution in [3.63, 3.8) is 0 Å². The lowest BCUT2D eigenvalue weighted by Crippen LogP contribution is -2.55. The normalized spacial score (nSPS) is 17.2. The maximum atomic E-state index is 14.3. The quantitative estimate of drug-likeness (QED) is 0.477. The number of hydrogen-bond donors (Lipinski definition) is 1. The molecule has 2 aromatic carbocycles. The van der Waals surface area contributed by atoms with Crippen LogP contribution in [0.3, 0.4) is 0 Å². The smallest absolute Gasteiger partial charge is 0.218 e. The van der Waals surface area contributed by atoms with Gasteiger partial charge in [-0.25, -0.2) is 34.4 Å². The second-order valence-corrected chi connectivity index (χ2v) is 14.9. The summed E-state index contributed by atoms with van der Waals surface area (Å²) in [5.41, 5.74) is -7.06. The van der Waals surface area contributed by atoms with E-state index in [-0.39, 0.29) is 31.0 Å². The van der Waals surface area contributed by atoms with Gasteiger partial charge in [0.2, 0.25) is 19.9 Å². The lowest BCUT2D eigenvalue weighted by Gasteiger charge is -2.40. The van der Waals surface area contributed by atoms with Crippen LogP contribution >= 0.6 is 11.6 Å². The van der Waals surface area contributed by atoms with Gasteiger partial charge < -0.3 is 0 Å². The van der Waals surface area contributed by atoms with Gasteiger partial charge in [0.15, 0.2) is 0 Å². The average Bonchev–Trinajstić information content (AvgIpc) is 2.77. The molecule has 0 saturated carbocycles. The van der Waals surface area contributed by atoms with Crippen LogP contribution in [0.5, 0.6) is 0 Å². The molecule has 1 fully saturated rings. The first kappa shape index (κ1) is 29.8. The minimum Gasteiger partial charge on any atom is -0.218 e. The van der Waals surface area contributed by atoms with E-state index in [2.05, 4.69) is 0 Å². The number of halogens is 5. The molecule has 0 amide bonds. The Morgan fingerprint density at radius 1 is 0.892 bits per heavy atom. The zero-order valence-corrected chi connectivity index (χ0v) is 22.7. The zero-order chi connectivity index (χ0) is 28.0. The molecule has 37 heavy (non-hydrogen) atoms. The van der Waals surface area contributed by atoms with Crippen LogP contribution in [0.4, 0.5) is 17.6 Å². The average molecular weight is 607 g/mol. The summed E-state index contributed by atoms with van der Waals surface area (Å²) < 4.78 is 132. The van der Waals surface area contributed by atoms with Gasteiger partial charge in [-0.1, -0.05) is 23.7 Å². The third-order valence-corrected chi connectivity index (χ3v) is 11.7. The van der Waals surface area contributed by atoms with Gasteiger partial charge in [0.25, 0.3) is 0 Å². The van der Waals surface area contributed by atoms with E-state index >= 15 is 0 Å². The molecule has 0 aliphatic carbocycles. The molecule has 0 atom stereocenters. The van der Waals surface area contributed by atoms with Crippen LogP contribution in [0.25, 0.3) is 0 Å². The van der Waals surface area contributed by atoms with Gasteiger partial charge in [-0.05, 0) is 62.9 Å². The number of sulfonamides is 2. The number of rotatable bonds is 7. The molecule has 8 nitrogen and oxygen atoms in total. The van der Waals surface area contributed by atoms with E-state index in [0.717, 1.165) is 34.6 Å². The molecule has 1 aliphatic heterocycles. The van der Waals surface area contributed by atoms with E-state index in [1.165, 1.54) is 26.0 Å². The van der Waals surface area contributed by atoms with E-state index in [1.54, 1.807) is 4.72 Å². The summed E-state index contributed by atoms with van der Waals surface area (Å²) in [7, 11) is -14.8. The largest absolute Gasteiger partial charge is 0.511 e. The molecule has 3 rings (SSSR count). The van der Waals surface area contributed by atoms with Gasteiger partial charge in [-0.15, -0.1) is 0 Å². The van der Waals surface area contributed by atoms with Crippen LogP contribution in [-0.2, 0) is 29.9 Å². The van der Waals surface area contributed by atoms with Crippen LogP contribution in [0, 0.1) is 11.7 Å². The second kappa shape index (κ2) is 10.1. The van der Waals surface area contributed by atoms with Crippen molar-refractivity contribution in [3.8, 4) is 0 Å². The first-order chi connectivity index (χ1) is 16.8. The standard InChI is InChI=1S/C21H23ClF4N2O6S3/c1-20(2,27-37(33,34)21(24,25)26)14-9-11-28(12-10-14)36(31,32)18-8-7-15(22)13-19(18)35(29,30)17-6-4-3-5-16(17)23/h3-8,13-14,27H,9-12H2,1-2H3. The lowest BCUT2D eigenvalue weighted by atomic mass is 9.82. The summed E-state index contributed by atoms with van der Waals surface area (Å²) in [6, 6.07) is 7.48. The Bertz CT molecular complexity index is 1500. The molecule has 206 valence electrons. The first-order valence-corrected chi connectivity index (χ1v) is 15.5. The SMILES string of the molecule is CC(C)(NS(=O)(=O)C(F)(F)F)C1CCN(S(=O)(=O)c2ccc(Cl)cc2S(=O)(=O)c2ccccc2F)CC1. The van der Waals surface area contributed by atoms with Gasteiger partial charge in [-0.2, -0.15) is 17.5 Å². The van der Waals surface area contributed by atoms with Crippen molar-refractivity contribution >= 4 is 41.5 Å². The van der Waals surface area contributed by atoms with Crippen molar-refractivity contribution < 1.29 is 42.8 Å². The highest BCUT2D eigenvalue weighted by Crippen LogP contribution is 2.36. The van der Waals surface area contributed by atoms with Crippen LogP contribution < -0.4 is 4.72 Å². The van der Waals surface area contributed by atoms with Crippen molar-refractivity contribution in [3.05, 3.63) is 53.3 Å². The molecule has 0 spiro atoms. The Hall–Kier alpha value is -1.78. The number of benzene rings is 2. The van der Waals surface area contributed by atoms with E-state index in [4.69, 9.17) is 11.6 Å². The molecule has 1 heterocycles. The van der Waals surface area contributed by atoms with E-state index < -0.39 is 67.4 Å². The molecule has 0 unspecified atom stereocenters. The number of piperidine rings is 1. The number of alkyl halides is 3. The van der Waals surface area contributed by atoms with Crippen molar-refractivity contribution in [1.29, 1.82) is 0 Å². The molecular weight excluding hydrogens is 584 g/mol. The van der Waals surface area contributed by atoms with Gasteiger partial charge in [-0.3, -0.25) is 0 Å². The highest BCUT2D eigenvalue weighted by atomic mass is 35.5. The van der Waals surface area contributed by atoms with Crippen LogP contribution in [0.2, 0.25) is 5.02 Å². The molecule has 2 aromatic rings. The fourth-order valence-corrected chi connectivity index (χ4v) is 8.94. The Morgan fingerprint density at radius 3 is 2.00 bits per heavy atom. The van der Waals surface area contributed by atoms with Crippen molar-refractivity contribution in [1.82, 2.24) is 9.03 Å². The van der Waals surface area contributed by atoms with Gasteiger partial charge in [0, 0.05) is 23.7 Å². The number of nitrogens with one attached hydrogen (secondary N) is 1. The number of hydrogen-bond acceptors (Lipinski definition) is 6. The molecule has 0 bridgehead atoms. The van der Waals surface area contributed by atoms with E-state index in [9.17, 15) is 42.8 Å². The number of sulfone groups is 1. The highest BCUT2D eigenvalue weighted by Gasteiger charge is 2.50. The Balaban J connectivity index is 1.91. The van der Waals surface area contributed by atoms with Gasteiger partial charge >= 0.3 is 15.5 Å². The van der Waals surface area contributed by atoms with E-state index in [0.29, 0.717) is 0 Å². The molecule has 0 aromatic heterocycles. The lowest BCUT2D eigenvalue weighted by molar-refractivity contribution is -0.0460. The Labute approximate surface area is 217 Å². The predicted octanol–water partition coefficient (Wildman–Crippen LogP) is 3.93. The zero-order valence-electron chi connectivity index (χ0n) is 19.5.